The third kappa shape index (κ3) is 3.19. The summed E-state index contributed by atoms with van der Waals surface area (Å²) in [4.78, 5) is 0. The highest BCUT2D eigenvalue weighted by Crippen LogP contribution is 1.94. The van der Waals surface area contributed by atoms with E-state index < -0.39 is 0 Å². The number of hydrogen-bond donors (Lipinski definition) is 1. The van der Waals surface area contributed by atoms with E-state index in [0.717, 1.165) is 6.54 Å². The first-order chi connectivity index (χ1) is 5.43. The van der Waals surface area contributed by atoms with Gasteiger partial charge in [-0.2, -0.15) is 0 Å². The highest BCUT2D eigenvalue weighted by molar-refractivity contribution is 5.12. The van der Waals surface area contributed by atoms with Crippen molar-refractivity contribution >= 4 is 0 Å². The average molecular weight is 150 g/mol. The Hall–Kier alpha value is -0.820. The second-order valence-electron chi connectivity index (χ2n) is 2.77. The van der Waals surface area contributed by atoms with E-state index in [9.17, 15) is 0 Å². The van der Waals surface area contributed by atoms with E-state index in [1.54, 1.807) is 0 Å². The van der Waals surface area contributed by atoms with Gasteiger partial charge in [0.2, 0.25) is 0 Å². The molecule has 0 fully saturated rings. The van der Waals surface area contributed by atoms with E-state index in [1.807, 2.05) is 0 Å². The van der Waals surface area contributed by atoms with Crippen LogP contribution >= 0.6 is 0 Å². The average Bonchev–Trinajstić information content (AvgIpc) is 2.07. The second-order valence-corrected chi connectivity index (χ2v) is 2.77. The van der Waals surface area contributed by atoms with Crippen molar-refractivity contribution < 1.29 is 5.32 Å². The molecule has 0 spiro atoms. The van der Waals surface area contributed by atoms with Crippen LogP contribution in [0.4, 0.5) is 0 Å². The van der Waals surface area contributed by atoms with Crippen LogP contribution in [-0.2, 0) is 6.54 Å². The van der Waals surface area contributed by atoms with Gasteiger partial charge in [-0.05, 0) is 6.42 Å². The topological polar surface area (TPSA) is 16.6 Å². The fourth-order valence-electron chi connectivity index (χ4n) is 1.09. The number of quaternary nitrogens is 1. The molecule has 0 aliphatic carbocycles. The molecule has 0 heterocycles. The lowest BCUT2D eigenvalue weighted by molar-refractivity contribution is -0.670. The first kappa shape index (κ1) is 8.28. The van der Waals surface area contributed by atoms with Crippen LogP contribution in [0.1, 0.15) is 18.9 Å². The second kappa shape index (κ2) is 4.91. The summed E-state index contributed by atoms with van der Waals surface area (Å²) in [7, 11) is 0. The van der Waals surface area contributed by atoms with Gasteiger partial charge >= 0.3 is 0 Å². The minimum atomic E-state index is 1.12. The van der Waals surface area contributed by atoms with Gasteiger partial charge in [0.25, 0.3) is 0 Å². The highest BCUT2D eigenvalue weighted by Gasteiger charge is 1.90. The van der Waals surface area contributed by atoms with E-state index in [2.05, 4.69) is 42.6 Å². The number of nitrogens with two attached hydrogens (primary N) is 1. The minimum Gasteiger partial charge on any atom is -0.343 e. The van der Waals surface area contributed by atoms with Gasteiger partial charge in [0.05, 0.1) is 6.54 Å². The van der Waals surface area contributed by atoms with Gasteiger partial charge in [0, 0.05) is 5.56 Å². The smallest absolute Gasteiger partial charge is 0.101 e. The van der Waals surface area contributed by atoms with Gasteiger partial charge in [-0.15, -0.1) is 0 Å². The summed E-state index contributed by atoms with van der Waals surface area (Å²) >= 11 is 0. The zero-order valence-electron chi connectivity index (χ0n) is 7.09. The largest absolute Gasteiger partial charge is 0.343 e. The molecule has 0 saturated heterocycles. The van der Waals surface area contributed by atoms with Crippen LogP contribution in [0.5, 0.6) is 0 Å². The molecule has 0 radical (unpaired) electrons. The monoisotopic (exact) mass is 150 g/mol. The quantitative estimate of drug-likeness (QED) is 0.620. The highest BCUT2D eigenvalue weighted by atomic mass is 14.8. The Morgan fingerprint density at radius 3 is 2.55 bits per heavy atom. The SMILES string of the molecule is CCC[NH2+]Cc1ccccc1. The van der Waals surface area contributed by atoms with Gasteiger partial charge in [-0.1, -0.05) is 37.3 Å². The summed E-state index contributed by atoms with van der Waals surface area (Å²) < 4.78 is 0. The van der Waals surface area contributed by atoms with Crippen LogP contribution in [-0.4, -0.2) is 6.54 Å². The molecule has 1 rings (SSSR count). The first-order valence-electron chi connectivity index (χ1n) is 4.29. The number of rotatable bonds is 4. The van der Waals surface area contributed by atoms with Crippen molar-refractivity contribution in [2.45, 2.75) is 19.9 Å². The maximum Gasteiger partial charge on any atom is 0.101 e. The summed E-state index contributed by atoms with van der Waals surface area (Å²) in [6.07, 6.45) is 1.26. The van der Waals surface area contributed by atoms with Gasteiger partial charge in [-0.25, -0.2) is 0 Å². The van der Waals surface area contributed by atoms with Crippen molar-refractivity contribution in [3.05, 3.63) is 35.9 Å². The molecule has 60 valence electrons. The standard InChI is InChI=1S/C10H15N/c1-2-8-11-9-10-6-4-3-5-7-10/h3-7,11H,2,8-9H2,1H3/p+1. The summed E-state index contributed by atoms with van der Waals surface area (Å²) in [6.45, 7) is 4.56. The molecule has 0 bridgehead atoms. The Labute approximate surface area is 68.4 Å². The minimum absolute atomic E-state index is 1.12. The van der Waals surface area contributed by atoms with Crippen LogP contribution in [0.2, 0.25) is 0 Å². The molecule has 0 aliphatic rings. The molecule has 0 amide bonds. The molecule has 0 unspecified atom stereocenters. The van der Waals surface area contributed by atoms with E-state index in [0.29, 0.717) is 0 Å². The summed E-state index contributed by atoms with van der Waals surface area (Å²) in [5.41, 5.74) is 1.42. The van der Waals surface area contributed by atoms with Gasteiger partial charge in [-0.3, -0.25) is 0 Å². The van der Waals surface area contributed by atoms with Crippen molar-refractivity contribution in [2.75, 3.05) is 6.54 Å². The van der Waals surface area contributed by atoms with Crippen LogP contribution in [0.25, 0.3) is 0 Å². The molecule has 0 atom stereocenters. The maximum atomic E-state index is 2.34. The zero-order chi connectivity index (χ0) is 7.94. The molecular weight excluding hydrogens is 134 g/mol. The predicted octanol–water partition coefficient (Wildman–Crippen LogP) is 1.16. The molecule has 1 aromatic rings. The van der Waals surface area contributed by atoms with Crippen LogP contribution in [0.15, 0.2) is 30.3 Å². The Morgan fingerprint density at radius 1 is 1.18 bits per heavy atom. The molecule has 1 nitrogen and oxygen atoms in total. The lowest BCUT2D eigenvalue weighted by Gasteiger charge is -1.98. The van der Waals surface area contributed by atoms with Crippen molar-refractivity contribution in [1.82, 2.24) is 0 Å². The fraction of sp³-hybridized carbons (Fsp3) is 0.400. The molecule has 11 heavy (non-hydrogen) atoms. The summed E-state index contributed by atoms with van der Waals surface area (Å²) in [5.74, 6) is 0. The van der Waals surface area contributed by atoms with Gasteiger partial charge < -0.3 is 5.32 Å². The zero-order valence-corrected chi connectivity index (χ0v) is 7.09. The molecule has 0 aliphatic heterocycles. The van der Waals surface area contributed by atoms with Crippen molar-refractivity contribution in [2.24, 2.45) is 0 Å². The van der Waals surface area contributed by atoms with E-state index >= 15 is 0 Å². The van der Waals surface area contributed by atoms with Crippen LogP contribution in [0, 0.1) is 0 Å². The van der Waals surface area contributed by atoms with Crippen molar-refractivity contribution in [1.29, 1.82) is 0 Å². The van der Waals surface area contributed by atoms with E-state index in [1.165, 1.54) is 18.5 Å². The number of hydrogen-bond acceptors (Lipinski definition) is 0. The fourth-order valence-corrected chi connectivity index (χ4v) is 1.09. The van der Waals surface area contributed by atoms with E-state index in [4.69, 9.17) is 0 Å². The molecular formula is C10H16N+. The number of benzene rings is 1. The lowest BCUT2D eigenvalue weighted by Crippen LogP contribution is -2.82. The third-order valence-corrected chi connectivity index (χ3v) is 1.72. The normalized spacial score (nSPS) is 9.91. The summed E-state index contributed by atoms with van der Waals surface area (Å²) in [5, 5.41) is 2.34. The van der Waals surface area contributed by atoms with Crippen LogP contribution in [0.3, 0.4) is 0 Å². The molecule has 0 saturated carbocycles. The molecule has 0 aromatic heterocycles. The predicted molar refractivity (Wildman–Crippen MR) is 47.2 cm³/mol. The maximum absolute atomic E-state index is 2.34. The van der Waals surface area contributed by atoms with Crippen molar-refractivity contribution in [3.8, 4) is 0 Å². The Kier molecular flexibility index (Phi) is 3.70. The lowest BCUT2D eigenvalue weighted by atomic mass is 10.2. The Balaban J connectivity index is 2.28. The molecule has 2 N–H and O–H groups in total. The van der Waals surface area contributed by atoms with Crippen LogP contribution < -0.4 is 5.32 Å². The Bertz CT molecular complexity index is 181. The summed E-state index contributed by atoms with van der Waals surface area (Å²) in [6, 6.07) is 10.6. The van der Waals surface area contributed by atoms with Gasteiger partial charge in [0.15, 0.2) is 0 Å². The molecule has 1 aromatic carbocycles. The Morgan fingerprint density at radius 2 is 1.91 bits per heavy atom. The third-order valence-electron chi connectivity index (χ3n) is 1.72. The van der Waals surface area contributed by atoms with Crippen molar-refractivity contribution in [3.63, 3.8) is 0 Å². The molecule has 1 heteroatoms. The first-order valence-corrected chi connectivity index (χ1v) is 4.29. The van der Waals surface area contributed by atoms with Gasteiger partial charge in [0.1, 0.15) is 6.54 Å². The van der Waals surface area contributed by atoms with E-state index in [-0.39, 0.29) is 0 Å².